The Hall–Kier alpha value is -2.88. The van der Waals surface area contributed by atoms with Crippen LogP contribution >= 0.6 is 0 Å². The van der Waals surface area contributed by atoms with E-state index >= 15 is 0 Å². The number of aromatic nitrogens is 1. The smallest absolute Gasteiger partial charge is 0.416 e. The molecule has 4 rings (SSSR count). The number of alkyl halides is 3. The first-order chi connectivity index (χ1) is 16.3. The summed E-state index contributed by atoms with van der Waals surface area (Å²) in [5, 5.41) is 0.399. The predicted octanol–water partition coefficient (Wildman–Crippen LogP) is 6.14. The maximum absolute atomic E-state index is 14.6. The number of hydrogen-bond donors (Lipinski definition) is 0. The van der Waals surface area contributed by atoms with E-state index in [9.17, 15) is 30.8 Å². The van der Waals surface area contributed by atoms with Gasteiger partial charge >= 0.3 is 12.1 Å². The monoisotopic (exact) mass is 511 g/mol. The maximum atomic E-state index is 14.6. The van der Waals surface area contributed by atoms with E-state index < -0.39 is 45.5 Å². The Labute approximate surface area is 200 Å². The molecule has 0 bridgehead atoms. The van der Waals surface area contributed by atoms with Gasteiger partial charge in [0.2, 0.25) is 0 Å². The van der Waals surface area contributed by atoms with Crippen molar-refractivity contribution in [3.8, 4) is 0 Å². The molecule has 0 radical (unpaired) electrons. The first-order valence-corrected chi connectivity index (χ1v) is 13.1. The number of aryl methyl sites for hydroxylation is 1. The fraction of sp³-hybridized carbons (Fsp3) is 0.400. The van der Waals surface area contributed by atoms with Crippen molar-refractivity contribution in [2.24, 2.45) is 0 Å². The van der Waals surface area contributed by atoms with Crippen molar-refractivity contribution >= 4 is 26.7 Å². The minimum Gasteiger partial charge on any atom is -0.456 e. The standard InChI is InChI=1S/C25H25F4NO4S/c1-4-22(31)34-20-7-5-6-18-19-12-17(26)13-21(35(3,32)33)24(19)30(23(18)20)14(2)15-8-10-16(11-9-15)25(27,28)29/h8-14,20H,4-7H2,1-3H3/t14?,20-/m1/s1. The lowest BCUT2D eigenvalue weighted by atomic mass is 9.93. The summed E-state index contributed by atoms with van der Waals surface area (Å²) in [6.07, 6.45) is -2.41. The number of benzene rings is 2. The number of ether oxygens (including phenoxy) is 1. The predicted molar refractivity (Wildman–Crippen MR) is 122 cm³/mol. The van der Waals surface area contributed by atoms with Gasteiger partial charge in [0.05, 0.1) is 27.7 Å². The molecule has 0 saturated carbocycles. The van der Waals surface area contributed by atoms with Crippen molar-refractivity contribution in [2.75, 3.05) is 6.26 Å². The highest BCUT2D eigenvalue weighted by molar-refractivity contribution is 7.91. The molecule has 188 valence electrons. The number of halogens is 4. The van der Waals surface area contributed by atoms with Crippen LogP contribution in [0.5, 0.6) is 0 Å². The highest BCUT2D eigenvalue weighted by Gasteiger charge is 2.35. The fourth-order valence-corrected chi connectivity index (χ4v) is 5.70. The molecule has 1 heterocycles. The third-order valence-corrected chi connectivity index (χ3v) is 7.55. The van der Waals surface area contributed by atoms with Gasteiger partial charge in [0.15, 0.2) is 9.84 Å². The topological polar surface area (TPSA) is 65.4 Å². The quantitative estimate of drug-likeness (QED) is 0.305. The number of esters is 1. The fourth-order valence-electron chi connectivity index (χ4n) is 4.81. The molecule has 1 aromatic heterocycles. The lowest BCUT2D eigenvalue weighted by Crippen LogP contribution is -2.21. The number of sulfone groups is 1. The van der Waals surface area contributed by atoms with Crippen LogP contribution in [0.25, 0.3) is 10.9 Å². The Morgan fingerprint density at radius 2 is 1.86 bits per heavy atom. The van der Waals surface area contributed by atoms with Crippen LogP contribution < -0.4 is 0 Å². The second-order valence-electron chi connectivity index (χ2n) is 8.83. The Morgan fingerprint density at radius 1 is 1.20 bits per heavy atom. The molecule has 0 saturated heterocycles. The van der Waals surface area contributed by atoms with Gasteiger partial charge in [-0.15, -0.1) is 0 Å². The van der Waals surface area contributed by atoms with E-state index in [0.29, 0.717) is 41.5 Å². The second kappa shape index (κ2) is 8.96. The first kappa shape index (κ1) is 25.2. The van der Waals surface area contributed by atoms with Crippen molar-refractivity contribution in [3.63, 3.8) is 0 Å². The van der Waals surface area contributed by atoms with E-state index in [1.807, 2.05) is 0 Å². The number of nitrogens with zero attached hydrogens (tertiary/aromatic N) is 1. The van der Waals surface area contributed by atoms with Gasteiger partial charge in [-0.3, -0.25) is 4.79 Å². The third-order valence-electron chi connectivity index (χ3n) is 6.44. The summed E-state index contributed by atoms with van der Waals surface area (Å²) in [6, 6.07) is 6.20. The molecular formula is C25H25F4NO4S. The largest absolute Gasteiger partial charge is 0.456 e. The van der Waals surface area contributed by atoms with E-state index in [-0.39, 0.29) is 16.8 Å². The average Bonchev–Trinajstić information content (AvgIpc) is 3.12. The minimum absolute atomic E-state index is 0.143. The van der Waals surface area contributed by atoms with Crippen LogP contribution in [0.3, 0.4) is 0 Å². The molecule has 2 atom stereocenters. The molecule has 0 spiro atoms. The summed E-state index contributed by atoms with van der Waals surface area (Å²) in [5.41, 5.74) is 1.18. The molecule has 10 heteroatoms. The summed E-state index contributed by atoms with van der Waals surface area (Å²) >= 11 is 0. The van der Waals surface area contributed by atoms with E-state index in [1.165, 1.54) is 18.2 Å². The number of rotatable bonds is 5. The van der Waals surface area contributed by atoms with Crippen LogP contribution in [0.1, 0.15) is 67.6 Å². The van der Waals surface area contributed by atoms with Crippen LogP contribution in [-0.4, -0.2) is 25.2 Å². The zero-order valence-electron chi connectivity index (χ0n) is 19.4. The van der Waals surface area contributed by atoms with Gasteiger partial charge in [-0.05, 0) is 61.6 Å². The van der Waals surface area contributed by atoms with Crippen molar-refractivity contribution in [2.45, 2.75) is 62.7 Å². The van der Waals surface area contributed by atoms with Crippen LogP contribution in [0.15, 0.2) is 41.3 Å². The Morgan fingerprint density at radius 3 is 2.43 bits per heavy atom. The molecule has 0 fully saturated rings. The number of carbonyl (C=O) groups excluding carboxylic acids is 1. The summed E-state index contributed by atoms with van der Waals surface area (Å²) in [6.45, 7) is 3.38. The highest BCUT2D eigenvalue weighted by Crippen LogP contribution is 2.44. The van der Waals surface area contributed by atoms with Crippen LogP contribution in [0.2, 0.25) is 0 Å². The lowest BCUT2D eigenvalue weighted by Gasteiger charge is -2.28. The normalized spacial score (nSPS) is 17.3. The molecule has 1 unspecified atom stereocenters. The van der Waals surface area contributed by atoms with Crippen LogP contribution in [0, 0.1) is 5.82 Å². The molecule has 1 aliphatic rings. The van der Waals surface area contributed by atoms with Crippen LogP contribution in [0.4, 0.5) is 17.6 Å². The summed E-state index contributed by atoms with van der Waals surface area (Å²) < 4.78 is 86.7. The zero-order valence-corrected chi connectivity index (χ0v) is 20.3. The van der Waals surface area contributed by atoms with Crippen LogP contribution in [-0.2, 0) is 32.0 Å². The summed E-state index contributed by atoms with van der Waals surface area (Å²) in [5.74, 6) is -1.15. The molecule has 0 N–H and O–H groups in total. The Balaban J connectivity index is 2.02. The molecule has 0 amide bonds. The van der Waals surface area contributed by atoms with Crippen molar-refractivity contribution in [3.05, 3.63) is 64.6 Å². The number of fused-ring (bicyclic) bond motifs is 3. The van der Waals surface area contributed by atoms with Gasteiger partial charge < -0.3 is 9.30 Å². The lowest BCUT2D eigenvalue weighted by molar-refractivity contribution is -0.150. The van der Waals surface area contributed by atoms with E-state index in [4.69, 9.17) is 4.74 Å². The Kier molecular flexibility index (Phi) is 6.46. The van der Waals surface area contributed by atoms with Gasteiger partial charge in [-0.1, -0.05) is 19.1 Å². The average molecular weight is 512 g/mol. The minimum atomic E-state index is -4.50. The van der Waals surface area contributed by atoms with Gasteiger partial charge in [0.25, 0.3) is 0 Å². The van der Waals surface area contributed by atoms with Gasteiger partial charge in [-0.25, -0.2) is 12.8 Å². The third kappa shape index (κ3) is 4.68. The van der Waals surface area contributed by atoms with E-state index in [2.05, 4.69) is 0 Å². The van der Waals surface area contributed by atoms with Crippen molar-refractivity contribution in [1.82, 2.24) is 4.57 Å². The maximum Gasteiger partial charge on any atom is 0.416 e. The first-order valence-electron chi connectivity index (χ1n) is 11.3. The van der Waals surface area contributed by atoms with Gasteiger partial charge in [0, 0.05) is 18.1 Å². The Bertz CT molecular complexity index is 1390. The van der Waals surface area contributed by atoms with Crippen molar-refractivity contribution in [1.29, 1.82) is 0 Å². The molecule has 1 aliphatic carbocycles. The summed E-state index contributed by atoms with van der Waals surface area (Å²) in [4.78, 5) is 12.0. The molecular weight excluding hydrogens is 486 g/mol. The summed E-state index contributed by atoms with van der Waals surface area (Å²) in [7, 11) is -3.88. The highest BCUT2D eigenvalue weighted by atomic mass is 32.2. The zero-order chi connectivity index (χ0) is 25.7. The molecule has 0 aliphatic heterocycles. The number of hydrogen-bond acceptors (Lipinski definition) is 4. The number of carbonyl (C=O) groups is 1. The molecule has 3 aromatic rings. The second-order valence-corrected chi connectivity index (χ2v) is 10.8. The molecule has 35 heavy (non-hydrogen) atoms. The van der Waals surface area contributed by atoms with E-state index in [1.54, 1.807) is 18.4 Å². The van der Waals surface area contributed by atoms with E-state index in [0.717, 1.165) is 24.5 Å². The van der Waals surface area contributed by atoms with Crippen molar-refractivity contribution < 1.29 is 35.5 Å². The van der Waals surface area contributed by atoms with Gasteiger partial charge in [-0.2, -0.15) is 13.2 Å². The van der Waals surface area contributed by atoms with Gasteiger partial charge in [0.1, 0.15) is 11.9 Å². The SMILES string of the molecule is CCC(=O)O[C@@H]1CCCc2c1n(C(C)c1ccc(C(F)(F)F)cc1)c1c(S(C)(=O)=O)cc(F)cc21. The molecule has 5 nitrogen and oxygen atoms in total. The molecule has 2 aromatic carbocycles.